The summed E-state index contributed by atoms with van der Waals surface area (Å²) in [6.45, 7) is 0. The third-order valence-corrected chi connectivity index (χ3v) is 2.47. The standard InChI is InChI=1S/C11H13NO2/c1-14-11-8-7-10(13)12(11)9-5-3-2-4-6-9/h2-6,11H,7-8H2,1H3/t11-/m1/s1. The van der Waals surface area contributed by atoms with Gasteiger partial charge >= 0.3 is 0 Å². The molecule has 14 heavy (non-hydrogen) atoms. The first-order chi connectivity index (χ1) is 6.83. The van der Waals surface area contributed by atoms with Crippen molar-refractivity contribution in [2.75, 3.05) is 12.0 Å². The number of carbonyl (C=O) groups excluding carboxylic acids is 1. The van der Waals surface area contributed by atoms with Crippen LogP contribution < -0.4 is 4.90 Å². The van der Waals surface area contributed by atoms with Gasteiger partial charge in [0.25, 0.3) is 0 Å². The highest BCUT2D eigenvalue weighted by Gasteiger charge is 2.31. The minimum absolute atomic E-state index is 0.0927. The number of ether oxygens (including phenoxy) is 1. The van der Waals surface area contributed by atoms with Crippen molar-refractivity contribution in [3.05, 3.63) is 30.3 Å². The van der Waals surface area contributed by atoms with Gasteiger partial charge in [-0.15, -0.1) is 0 Å². The van der Waals surface area contributed by atoms with Gasteiger partial charge in [0.05, 0.1) is 0 Å². The summed E-state index contributed by atoms with van der Waals surface area (Å²) < 4.78 is 5.25. The van der Waals surface area contributed by atoms with Gasteiger partial charge < -0.3 is 4.74 Å². The molecule has 2 rings (SSSR count). The number of rotatable bonds is 2. The molecule has 0 aliphatic carbocycles. The van der Waals surface area contributed by atoms with Crippen LogP contribution in [0.25, 0.3) is 0 Å². The lowest BCUT2D eigenvalue weighted by Gasteiger charge is -2.23. The van der Waals surface area contributed by atoms with E-state index in [9.17, 15) is 4.79 Å². The van der Waals surface area contributed by atoms with E-state index in [1.54, 1.807) is 12.0 Å². The Morgan fingerprint density at radius 2 is 2.07 bits per heavy atom. The Morgan fingerprint density at radius 1 is 1.36 bits per heavy atom. The zero-order valence-corrected chi connectivity index (χ0v) is 8.14. The second kappa shape index (κ2) is 3.80. The number of carbonyl (C=O) groups is 1. The summed E-state index contributed by atoms with van der Waals surface area (Å²) in [4.78, 5) is 13.3. The van der Waals surface area contributed by atoms with E-state index >= 15 is 0 Å². The van der Waals surface area contributed by atoms with Crippen molar-refractivity contribution in [1.29, 1.82) is 0 Å². The summed E-state index contributed by atoms with van der Waals surface area (Å²) in [5, 5.41) is 0. The van der Waals surface area contributed by atoms with E-state index in [4.69, 9.17) is 4.74 Å². The van der Waals surface area contributed by atoms with E-state index < -0.39 is 0 Å². The maximum atomic E-state index is 11.6. The van der Waals surface area contributed by atoms with Crippen LogP contribution in [-0.2, 0) is 9.53 Å². The Labute approximate surface area is 83.3 Å². The second-order valence-electron chi connectivity index (χ2n) is 3.33. The summed E-state index contributed by atoms with van der Waals surface area (Å²) in [6, 6.07) is 9.64. The average Bonchev–Trinajstić information content (AvgIpc) is 2.61. The van der Waals surface area contributed by atoms with E-state index in [0.29, 0.717) is 6.42 Å². The molecule has 0 unspecified atom stereocenters. The Morgan fingerprint density at radius 3 is 2.71 bits per heavy atom. The van der Waals surface area contributed by atoms with Gasteiger partial charge in [0.15, 0.2) is 0 Å². The molecule has 1 aromatic rings. The molecule has 3 nitrogen and oxygen atoms in total. The summed E-state index contributed by atoms with van der Waals surface area (Å²) in [5.41, 5.74) is 0.918. The highest BCUT2D eigenvalue weighted by molar-refractivity contribution is 5.95. The van der Waals surface area contributed by atoms with Crippen molar-refractivity contribution in [2.24, 2.45) is 0 Å². The third-order valence-electron chi connectivity index (χ3n) is 2.47. The topological polar surface area (TPSA) is 29.5 Å². The molecule has 1 atom stereocenters. The summed E-state index contributed by atoms with van der Waals surface area (Å²) >= 11 is 0. The third kappa shape index (κ3) is 1.51. The van der Waals surface area contributed by atoms with Crippen LogP contribution in [-0.4, -0.2) is 19.2 Å². The van der Waals surface area contributed by atoms with Gasteiger partial charge in [-0.25, -0.2) is 0 Å². The van der Waals surface area contributed by atoms with Crippen LogP contribution in [0.5, 0.6) is 0 Å². The van der Waals surface area contributed by atoms with Gasteiger partial charge in [-0.2, -0.15) is 0 Å². The largest absolute Gasteiger partial charge is 0.361 e. The van der Waals surface area contributed by atoms with Crippen LogP contribution in [0.15, 0.2) is 30.3 Å². The molecular formula is C11H13NO2. The van der Waals surface area contributed by atoms with Crippen LogP contribution in [0.1, 0.15) is 12.8 Å². The molecule has 1 heterocycles. The van der Waals surface area contributed by atoms with Gasteiger partial charge in [0, 0.05) is 25.6 Å². The monoisotopic (exact) mass is 191 g/mol. The number of hydrogen-bond acceptors (Lipinski definition) is 2. The molecule has 3 heteroatoms. The Kier molecular flexibility index (Phi) is 2.50. The predicted octanol–water partition coefficient (Wildman–Crippen LogP) is 1.79. The van der Waals surface area contributed by atoms with Gasteiger partial charge in [-0.05, 0) is 12.1 Å². The first-order valence-corrected chi connectivity index (χ1v) is 4.73. The summed E-state index contributed by atoms with van der Waals surface area (Å²) in [6.07, 6.45) is 1.27. The molecular weight excluding hydrogens is 178 g/mol. The lowest BCUT2D eigenvalue weighted by atomic mass is 10.3. The van der Waals surface area contributed by atoms with Crippen molar-refractivity contribution < 1.29 is 9.53 Å². The van der Waals surface area contributed by atoms with E-state index in [2.05, 4.69) is 0 Å². The molecule has 0 saturated carbocycles. The highest BCUT2D eigenvalue weighted by atomic mass is 16.5. The van der Waals surface area contributed by atoms with Crippen LogP contribution >= 0.6 is 0 Å². The van der Waals surface area contributed by atoms with Crippen LogP contribution in [0.3, 0.4) is 0 Å². The van der Waals surface area contributed by atoms with Gasteiger partial charge in [0.2, 0.25) is 5.91 Å². The Balaban J connectivity index is 2.28. The smallest absolute Gasteiger partial charge is 0.229 e. The maximum absolute atomic E-state index is 11.6. The number of nitrogens with zero attached hydrogens (tertiary/aromatic N) is 1. The minimum atomic E-state index is -0.0927. The molecule has 74 valence electrons. The van der Waals surface area contributed by atoms with Crippen LogP contribution in [0, 0.1) is 0 Å². The number of hydrogen-bond donors (Lipinski definition) is 0. The summed E-state index contributed by atoms with van der Waals surface area (Å²) in [7, 11) is 1.64. The fourth-order valence-corrected chi connectivity index (χ4v) is 1.78. The molecule has 1 fully saturated rings. The second-order valence-corrected chi connectivity index (χ2v) is 3.33. The van der Waals surface area contributed by atoms with Crippen molar-refractivity contribution in [1.82, 2.24) is 0 Å². The maximum Gasteiger partial charge on any atom is 0.229 e. The Hall–Kier alpha value is -1.35. The number of anilines is 1. The lowest BCUT2D eigenvalue weighted by molar-refractivity contribution is -0.117. The first kappa shape index (κ1) is 9.21. The molecule has 0 aromatic heterocycles. The lowest BCUT2D eigenvalue weighted by Crippen LogP contribution is -2.33. The van der Waals surface area contributed by atoms with Gasteiger partial charge in [0.1, 0.15) is 6.23 Å². The zero-order valence-electron chi connectivity index (χ0n) is 8.14. The van der Waals surface area contributed by atoms with Gasteiger partial charge in [-0.3, -0.25) is 9.69 Å². The van der Waals surface area contributed by atoms with E-state index in [1.807, 2.05) is 30.3 Å². The van der Waals surface area contributed by atoms with E-state index in [-0.39, 0.29) is 12.1 Å². The number of benzene rings is 1. The van der Waals surface area contributed by atoms with Crippen molar-refractivity contribution >= 4 is 11.6 Å². The molecule has 1 aliphatic heterocycles. The minimum Gasteiger partial charge on any atom is -0.361 e. The number of methoxy groups -OCH3 is 1. The molecule has 0 radical (unpaired) electrons. The SMILES string of the molecule is CO[C@@H]1CCC(=O)N1c1ccccc1. The molecule has 1 saturated heterocycles. The molecule has 0 N–H and O–H groups in total. The molecule has 0 bridgehead atoms. The fourth-order valence-electron chi connectivity index (χ4n) is 1.78. The quantitative estimate of drug-likeness (QED) is 0.713. The Bertz CT molecular complexity index is 323. The normalized spacial score (nSPS) is 21.6. The van der Waals surface area contributed by atoms with E-state index in [1.165, 1.54) is 0 Å². The molecule has 1 aromatic carbocycles. The van der Waals surface area contributed by atoms with Crippen LogP contribution in [0.4, 0.5) is 5.69 Å². The fraction of sp³-hybridized carbons (Fsp3) is 0.364. The van der Waals surface area contributed by atoms with Crippen molar-refractivity contribution in [3.8, 4) is 0 Å². The average molecular weight is 191 g/mol. The summed E-state index contributed by atoms with van der Waals surface area (Å²) in [5.74, 6) is 0.142. The van der Waals surface area contributed by atoms with Crippen molar-refractivity contribution in [3.63, 3.8) is 0 Å². The molecule has 1 amide bonds. The van der Waals surface area contributed by atoms with Crippen molar-refractivity contribution in [2.45, 2.75) is 19.1 Å². The highest BCUT2D eigenvalue weighted by Crippen LogP contribution is 2.26. The zero-order chi connectivity index (χ0) is 9.97. The number of para-hydroxylation sites is 1. The number of amides is 1. The van der Waals surface area contributed by atoms with Gasteiger partial charge in [-0.1, -0.05) is 18.2 Å². The predicted molar refractivity (Wildman–Crippen MR) is 54.0 cm³/mol. The first-order valence-electron chi connectivity index (χ1n) is 4.73. The molecule has 0 spiro atoms. The molecule has 1 aliphatic rings. The van der Waals surface area contributed by atoms with Crippen LogP contribution in [0.2, 0.25) is 0 Å². The van der Waals surface area contributed by atoms with E-state index in [0.717, 1.165) is 12.1 Å².